The van der Waals surface area contributed by atoms with E-state index in [2.05, 4.69) is 0 Å². The van der Waals surface area contributed by atoms with Crippen molar-refractivity contribution in [1.82, 2.24) is 0 Å². The van der Waals surface area contributed by atoms with Crippen LogP contribution in [0.3, 0.4) is 0 Å². The van der Waals surface area contributed by atoms with Crippen LogP contribution in [0.1, 0.15) is 32.7 Å². The van der Waals surface area contributed by atoms with Crippen molar-refractivity contribution in [2.45, 2.75) is 13.3 Å². The predicted octanol–water partition coefficient (Wildman–Crippen LogP) is 7.02. The van der Waals surface area contributed by atoms with Gasteiger partial charge in [0, 0.05) is 23.7 Å². The maximum Gasteiger partial charge on any atom is 0.316 e. The van der Waals surface area contributed by atoms with Crippen molar-refractivity contribution >= 4 is 93.1 Å². The zero-order valence-corrected chi connectivity index (χ0v) is 23.1. The lowest BCUT2D eigenvalue weighted by molar-refractivity contribution is -0.139. The molecule has 2 aliphatic rings. The summed E-state index contributed by atoms with van der Waals surface area (Å²) in [6.07, 6.45) is -0.00938. The Morgan fingerprint density at radius 3 is 2.00 bits per heavy atom. The van der Waals surface area contributed by atoms with Gasteiger partial charge in [-0.1, -0.05) is 64.1 Å². The summed E-state index contributed by atoms with van der Waals surface area (Å²) in [4.78, 5) is 53.9. The van der Waals surface area contributed by atoms with Crippen LogP contribution in [0.25, 0.3) is 0 Å². The third-order valence-corrected chi connectivity index (χ3v) is 8.61. The molecule has 38 heavy (non-hydrogen) atoms. The molecule has 1 saturated heterocycles. The number of ether oxygens (including phenoxy) is 1. The van der Waals surface area contributed by atoms with Crippen LogP contribution in [0.4, 0.5) is 11.4 Å². The van der Waals surface area contributed by atoms with E-state index in [1.165, 1.54) is 29.2 Å². The van der Waals surface area contributed by atoms with Crippen LogP contribution in [0.2, 0.25) is 25.1 Å². The fraction of sp³-hybridized carbons (Fsp3) is 0.154. The fourth-order valence-electron chi connectivity index (χ4n) is 4.43. The molecule has 1 fully saturated rings. The van der Waals surface area contributed by atoms with Gasteiger partial charge in [0.15, 0.2) is 0 Å². The van der Waals surface area contributed by atoms with E-state index in [-0.39, 0.29) is 61.5 Å². The summed E-state index contributed by atoms with van der Waals surface area (Å²) >= 11 is 30.7. The number of esters is 1. The highest BCUT2D eigenvalue weighted by molar-refractivity contribution is 6.56. The van der Waals surface area contributed by atoms with Gasteiger partial charge in [0.25, 0.3) is 11.8 Å². The smallest absolute Gasteiger partial charge is 0.316 e. The first-order chi connectivity index (χ1) is 18.0. The van der Waals surface area contributed by atoms with Crippen LogP contribution in [-0.2, 0) is 9.59 Å². The lowest BCUT2D eigenvalue weighted by atomic mass is 10.1. The average molecular weight is 613 g/mol. The number of carbonyl (C=O) groups is 4. The monoisotopic (exact) mass is 610 g/mol. The van der Waals surface area contributed by atoms with E-state index in [0.29, 0.717) is 10.7 Å². The first-order valence-electron chi connectivity index (χ1n) is 11.1. The van der Waals surface area contributed by atoms with Gasteiger partial charge in [-0.3, -0.25) is 19.2 Å². The van der Waals surface area contributed by atoms with Crippen LogP contribution >= 0.6 is 58.0 Å². The minimum atomic E-state index is -0.721. The van der Waals surface area contributed by atoms with Gasteiger partial charge in [-0.05, 0) is 48.9 Å². The van der Waals surface area contributed by atoms with E-state index in [0.717, 1.165) is 10.5 Å². The number of anilines is 2. The zero-order chi connectivity index (χ0) is 27.5. The Labute approximate surface area is 241 Å². The first-order valence-corrected chi connectivity index (χ1v) is 13.0. The van der Waals surface area contributed by atoms with Gasteiger partial charge in [-0.2, -0.15) is 0 Å². The molecule has 3 aromatic carbocycles. The number of imide groups is 1. The van der Waals surface area contributed by atoms with E-state index in [4.69, 9.17) is 62.7 Å². The Balaban J connectivity index is 1.32. The molecule has 0 radical (unpaired) electrons. The number of nitrogens with zero attached hydrogens (tertiary/aromatic N) is 2. The van der Waals surface area contributed by atoms with Crippen LogP contribution in [0.15, 0.2) is 42.5 Å². The van der Waals surface area contributed by atoms with Crippen molar-refractivity contribution in [3.63, 3.8) is 0 Å². The van der Waals surface area contributed by atoms with E-state index < -0.39 is 23.7 Å². The number of halogens is 5. The van der Waals surface area contributed by atoms with Crippen molar-refractivity contribution in [3.05, 3.63) is 84.3 Å². The molecule has 7 nitrogen and oxygen atoms in total. The summed E-state index contributed by atoms with van der Waals surface area (Å²) in [7, 11) is 0. The van der Waals surface area contributed by atoms with E-state index in [1.54, 1.807) is 25.1 Å². The van der Waals surface area contributed by atoms with Crippen molar-refractivity contribution in [2.24, 2.45) is 5.92 Å². The van der Waals surface area contributed by atoms with Gasteiger partial charge in [0.05, 0.1) is 42.8 Å². The molecule has 2 heterocycles. The average Bonchev–Trinajstić information content (AvgIpc) is 3.40. The standard InChI is InChI=1S/C26H15Cl5N2O5/c1-11-15(27)3-2-4-16(11)32-10-12(9-17(32)34)26(37)38-14-7-5-13(6-8-14)33-24(35)18-19(25(33)36)21(29)23(31)22(30)20(18)28/h2-8,12H,9-10H2,1H3/t12-/m0/s1. The van der Waals surface area contributed by atoms with Crippen LogP contribution < -0.4 is 14.5 Å². The number of amides is 3. The van der Waals surface area contributed by atoms with Gasteiger partial charge < -0.3 is 9.64 Å². The van der Waals surface area contributed by atoms with E-state index >= 15 is 0 Å². The molecular weight excluding hydrogens is 598 g/mol. The summed E-state index contributed by atoms with van der Waals surface area (Å²) in [5, 5.41) is -0.0740. The van der Waals surface area contributed by atoms with Crippen LogP contribution in [0.5, 0.6) is 5.75 Å². The van der Waals surface area contributed by atoms with Crippen LogP contribution in [0, 0.1) is 12.8 Å². The maximum atomic E-state index is 13.0. The maximum absolute atomic E-state index is 13.0. The number of hydrogen-bond donors (Lipinski definition) is 0. The third kappa shape index (κ3) is 4.32. The number of carbonyl (C=O) groups excluding carboxylic acids is 4. The molecule has 0 aromatic heterocycles. The highest BCUT2D eigenvalue weighted by Gasteiger charge is 2.42. The molecule has 194 valence electrons. The summed E-state index contributed by atoms with van der Waals surface area (Å²) in [6.45, 7) is 1.95. The lowest BCUT2D eigenvalue weighted by Crippen LogP contribution is -2.29. The number of rotatable bonds is 4. The Hall–Kier alpha value is -2.81. The van der Waals surface area contributed by atoms with Gasteiger partial charge >= 0.3 is 5.97 Å². The second-order valence-electron chi connectivity index (χ2n) is 8.66. The summed E-state index contributed by atoms with van der Waals surface area (Å²) in [5.74, 6) is -2.76. The molecule has 0 bridgehead atoms. The van der Waals surface area contributed by atoms with Gasteiger partial charge in [-0.25, -0.2) is 4.90 Å². The zero-order valence-electron chi connectivity index (χ0n) is 19.4. The normalized spacial score (nSPS) is 16.9. The predicted molar refractivity (Wildman–Crippen MR) is 146 cm³/mol. The minimum absolute atomic E-state index is 0.00938. The van der Waals surface area contributed by atoms with Crippen molar-refractivity contribution in [3.8, 4) is 5.75 Å². The topological polar surface area (TPSA) is 84.0 Å². The largest absolute Gasteiger partial charge is 0.426 e. The second-order valence-corrected chi connectivity index (χ2v) is 10.6. The van der Waals surface area contributed by atoms with Gasteiger partial charge in [0.2, 0.25) is 5.91 Å². The van der Waals surface area contributed by atoms with Gasteiger partial charge in [0.1, 0.15) is 5.75 Å². The molecule has 0 saturated carbocycles. The molecule has 3 aromatic rings. The molecule has 0 unspecified atom stereocenters. The highest BCUT2D eigenvalue weighted by Crippen LogP contribution is 2.45. The summed E-state index contributed by atoms with van der Waals surface area (Å²) < 4.78 is 5.48. The molecule has 3 amide bonds. The molecule has 12 heteroatoms. The number of hydrogen-bond acceptors (Lipinski definition) is 5. The van der Waals surface area contributed by atoms with Gasteiger partial charge in [-0.15, -0.1) is 0 Å². The van der Waals surface area contributed by atoms with Crippen molar-refractivity contribution < 1.29 is 23.9 Å². The molecule has 1 atom stereocenters. The molecule has 0 aliphatic carbocycles. The van der Waals surface area contributed by atoms with Crippen LogP contribution in [-0.4, -0.2) is 30.2 Å². The number of fused-ring (bicyclic) bond motifs is 1. The Bertz CT molecular complexity index is 1510. The second kappa shape index (κ2) is 10.1. The highest BCUT2D eigenvalue weighted by atomic mass is 35.5. The lowest BCUT2D eigenvalue weighted by Gasteiger charge is -2.19. The Morgan fingerprint density at radius 1 is 0.842 bits per heavy atom. The SMILES string of the molecule is Cc1c(Cl)cccc1N1C[C@@H](C(=O)Oc2ccc(N3C(=O)c4c(Cl)c(Cl)c(Cl)c(Cl)c4C3=O)cc2)CC1=O. The summed E-state index contributed by atoms with van der Waals surface area (Å²) in [6, 6.07) is 10.9. The summed E-state index contributed by atoms with van der Waals surface area (Å²) in [5.41, 5.74) is 1.29. The molecule has 0 spiro atoms. The number of benzene rings is 3. The minimum Gasteiger partial charge on any atom is -0.426 e. The van der Waals surface area contributed by atoms with Crippen molar-refractivity contribution in [2.75, 3.05) is 16.3 Å². The molecule has 0 N–H and O–H groups in total. The molecule has 2 aliphatic heterocycles. The first kappa shape index (κ1) is 26.8. The van der Waals surface area contributed by atoms with E-state index in [1.807, 2.05) is 0 Å². The van der Waals surface area contributed by atoms with Crippen molar-refractivity contribution in [1.29, 1.82) is 0 Å². The Kier molecular flexibility index (Phi) is 7.09. The fourth-order valence-corrected chi connectivity index (χ4v) is 5.62. The quantitative estimate of drug-likeness (QED) is 0.104. The van der Waals surface area contributed by atoms with E-state index in [9.17, 15) is 19.2 Å². The molecular formula is C26H15Cl5N2O5. The third-order valence-electron chi connectivity index (χ3n) is 6.40. The Morgan fingerprint density at radius 2 is 1.42 bits per heavy atom. The molecule has 5 rings (SSSR count).